The molecule has 98 valence electrons. The Bertz CT molecular complexity index is 454. The van der Waals surface area contributed by atoms with Gasteiger partial charge in [-0.2, -0.15) is 10.4 Å². The largest absolute Gasteiger partial charge is 0.481 e. The van der Waals surface area contributed by atoms with Crippen molar-refractivity contribution in [3.05, 3.63) is 11.3 Å². The number of methoxy groups -OCH3 is 1. The Morgan fingerprint density at radius 3 is 2.72 bits per heavy atom. The number of hydrogen-bond acceptors (Lipinski definition) is 4. The van der Waals surface area contributed by atoms with E-state index in [4.69, 9.17) is 4.74 Å². The molecular weight excluding hydrogens is 228 g/mol. The van der Waals surface area contributed by atoms with Crippen molar-refractivity contribution in [2.45, 2.75) is 44.7 Å². The zero-order valence-electron chi connectivity index (χ0n) is 11.2. The first-order valence-corrected chi connectivity index (χ1v) is 6.40. The molecule has 0 spiro atoms. The number of aryl methyl sites for hydroxylation is 2. The molecule has 1 fully saturated rings. The van der Waals surface area contributed by atoms with Crippen molar-refractivity contribution in [1.29, 1.82) is 5.26 Å². The van der Waals surface area contributed by atoms with Crippen LogP contribution in [0.15, 0.2) is 0 Å². The lowest BCUT2D eigenvalue weighted by Gasteiger charge is -2.17. The van der Waals surface area contributed by atoms with E-state index in [9.17, 15) is 5.26 Å². The van der Waals surface area contributed by atoms with Crippen molar-refractivity contribution in [1.82, 2.24) is 15.1 Å². The monoisotopic (exact) mass is 248 g/mol. The van der Waals surface area contributed by atoms with E-state index in [1.807, 2.05) is 14.0 Å². The topological polar surface area (TPSA) is 62.9 Å². The molecule has 1 heterocycles. The summed E-state index contributed by atoms with van der Waals surface area (Å²) in [5.41, 5.74) is 1.72. The third-order valence-corrected chi connectivity index (χ3v) is 3.58. The summed E-state index contributed by atoms with van der Waals surface area (Å²) in [5, 5.41) is 17.1. The highest BCUT2D eigenvalue weighted by Gasteiger charge is 2.26. The normalized spacial score (nSPS) is 17.7. The summed E-state index contributed by atoms with van der Waals surface area (Å²) in [5.74, 6) is 0.671. The molecule has 5 nitrogen and oxygen atoms in total. The van der Waals surface area contributed by atoms with Crippen LogP contribution in [0.2, 0.25) is 0 Å². The first-order chi connectivity index (χ1) is 8.67. The lowest BCUT2D eigenvalue weighted by Crippen LogP contribution is -2.30. The Morgan fingerprint density at radius 2 is 2.17 bits per heavy atom. The van der Waals surface area contributed by atoms with Crippen LogP contribution in [-0.4, -0.2) is 22.9 Å². The van der Waals surface area contributed by atoms with Gasteiger partial charge in [-0.1, -0.05) is 12.8 Å². The Morgan fingerprint density at radius 1 is 1.50 bits per heavy atom. The van der Waals surface area contributed by atoms with E-state index < -0.39 is 0 Å². The van der Waals surface area contributed by atoms with Crippen LogP contribution in [0.5, 0.6) is 5.88 Å². The van der Waals surface area contributed by atoms with E-state index in [0.717, 1.165) is 24.1 Å². The Balaban J connectivity index is 2.24. The molecule has 2 rings (SSSR count). The van der Waals surface area contributed by atoms with Gasteiger partial charge >= 0.3 is 0 Å². The second-order valence-electron chi connectivity index (χ2n) is 4.84. The summed E-state index contributed by atoms with van der Waals surface area (Å²) in [7, 11) is 3.45. The van der Waals surface area contributed by atoms with Crippen LogP contribution in [0.1, 0.15) is 43.0 Å². The number of nitriles is 1. The highest BCUT2D eigenvalue weighted by atomic mass is 16.5. The first kappa shape index (κ1) is 12.9. The van der Waals surface area contributed by atoms with Crippen LogP contribution in [-0.2, 0) is 7.05 Å². The summed E-state index contributed by atoms with van der Waals surface area (Å²) >= 11 is 0. The summed E-state index contributed by atoms with van der Waals surface area (Å²) in [4.78, 5) is 0. The lowest BCUT2D eigenvalue weighted by molar-refractivity contribution is 0.363. The fourth-order valence-electron chi connectivity index (χ4n) is 2.74. The van der Waals surface area contributed by atoms with Crippen molar-refractivity contribution in [2.75, 3.05) is 7.11 Å². The predicted molar refractivity (Wildman–Crippen MR) is 68.2 cm³/mol. The molecule has 0 bridgehead atoms. The molecule has 1 unspecified atom stereocenters. The minimum absolute atomic E-state index is 0.336. The van der Waals surface area contributed by atoms with Crippen LogP contribution in [0.3, 0.4) is 0 Å². The number of nitrogens with zero attached hydrogens (tertiary/aromatic N) is 3. The van der Waals surface area contributed by atoms with Gasteiger partial charge in [0.1, 0.15) is 6.04 Å². The van der Waals surface area contributed by atoms with E-state index >= 15 is 0 Å². The van der Waals surface area contributed by atoms with Crippen LogP contribution >= 0.6 is 0 Å². The molecule has 1 aliphatic rings. The number of aromatic nitrogens is 2. The first-order valence-electron chi connectivity index (χ1n) is 6.40. The third kappa shape index (κ3) is 2.34. The molecule has 0 saturated heterocycles. The minimum Gasteiger partial charge on any atom is -0.481 e. The molecule has 0 radical (unpaired) electrons. The van der Waals surface area contributed by atoms with E-state index in [1.165, 1.54) is 12.8 Å². The zero-order valence-corrected chi connectivity index (χ0v) is 11.2. The number of rotatable bonds is 4. The predicted octanol–water partition coefficient (Wildman–Crippen LogP) is 1.83. The SMILES string of the molecule is COc1c(C(C#N)NC2CCCC2)c(C)nn1C. The van der Waals surface area contributed by atoms with E-state index in [2.05, 4.69) is 16.5 Å². The van der Waals surface area contributed by atoms with Crippen molar-refractivity contribution < 1.29 is 4.74 Å². The molecule has 1 aromatic heterocycles. The quantitative estimate of drug-likeness (QED) is 0.883. The maximum atomic E-state index is 9.39. The molecule has 0 aliphatic heterocycles. The lowest BCUT2D eigenvalue weighted by atomic mass is 10.1. The van der Waals surface area contributed by atoms with Gasteiger partial charge < -0.3 is 4.74 Å². The minimum atomic E-state index is -0.336. The highest BCUT2D eigenvalue weighted by Crippen LogP contribution is 2.29. The Hall–Kier alpha value is -1.54. The molecular formula is C13H20N4O. The maximum Gasteiger partial charge on any atom is 0.217 e. The zero-order chi connectivity index (χ0) is 13.1. The molecule has 18 heavy (non-hydrogen) atoms. The van der Waals surface area contributed by atoms with Crippen molar-refractivity contribution in [2.24, 2.45) is 7.05 Å². The van der Waals surface area contributed by atoms with E-state index in [1.54, 1.807) is 11.8 Å². The number of nitrogens with one attached hydrogen (secondary N) is 1. The van der Waals surface area contributed by atoms with Gasteiger partial charge in [0.2, 0.25) is 5.88 Å². The fourth-order valence-corrected chi connectivity index (χ4v) is 2.74. The fraction of sp³-hybridized carbons (Fsp3) is 0.692. The Kier molecular flexibility index (Phi) is 3.87. The van der Waals surface area contributed by atoms with Gasteiger partial charge in [0.05, 0.1) is 24.4 Å². The van der Waals surface area contributed by atoms with E-state index in [0.29, 0.717) is 11.9 Å². The molecule has 0 aromatic carbocycles. The van der Waals surface area contributed by atoms with Gasteiger partial charge in [-0.15, -0.1) is 0 Å². The van der Waals surface area contributed by atoms with Gasteiger partial charge in [0.25, 0.3) is 0 Å². The van der Waals surface area contributed by atoms with Gasteiger partial charge in [0.15, 0.2) is 0 Å². The standard InChI is InChI=1S/C13H20N4O/c1-9-12(13(18-3)17(2)16-9)11(8-14)15-10-6-4-5-7-10/h10-11,15H,4-7H2,1-3H3. The van der Waals surface area contributed by atoms with Crippen molar-refractivity contribution in [3.8, 4) is 11.9 Å². The second-order valence-corrected chi connectivity index (χ2v) is 4.84. The van der Waals surface area contributed by atoms with Crippen molar-refractivity contribution >= 4 is 0 Å². The molecule has 1 atom stereocenters. The number of ether oxygens (including phenoxy) is 1. The second kappa shape index (κ2) is 5.40. The smallest absolute Gasteiger partial charge is 0.217 e. The molecule has 1 aliphatic carbocycles. The molecule has 1 N–H and O–H groups in total. The van der Waals surface area contributed by atoms with Crippen LogP contribution in [0, 0.1) is 18.3 Å². The van der Waals surface area contributed by atoms with Gasteiger partial charge in [0, 0.05) is 13.1 Å². The van der Waals surface area contributed by atoms with Crippen LogP contribution < -0.4 is 10.1 Å². The van der Waals surface area contributed by atoms with Gasteiger partial charge in [-0.25, -0.2) is 4.68 Å². The third-order valence-electron chi connectivity index (χ3n) is 3.58. The number of hydrogen-bond donors (Lipinski definition) is 1. The van der Waals surface area contributed by atoms with Crippen LogP contribution in [0.25, 0.3) is 0 Å². The Labute approximate surface area is 108 Å². The summed E-state index contributed by atoms with van der Waals surface area (Å²) in [6.45, 7) is 1.92. The van der Waals surface area contributed by atoms with Gasteiger partial charge in [-0.05, 0) is 19.8 Å². The van der Waals surface area contributed by atoms with Crippen LogP contribution in [0.4, 0.5) is 0 Å². The van der Waals surface area contributed by atoms with E-state index in [-0.39, 0.29) is 6.04 Å². The average molecular weight is 248 g/mol. The average Bonchev–Trinajstić information content (AvgIpc) is 2.94. The molecule has 1 aromatic rings. The molecule has 1 saturated carbocycles. The van der Waals surface area contributed by atoms with Gasteiger partial charge in [-0.3, -0.25) is 5.32 Å². The maximum absolute atomic E-state index is 9.39. The highest BCUT2D eigenvalue weighted by molar-refractivity contribution is 5.37. The molecule has 5 heteroatoms. The summed E-state index contributed by atoms with van der Waals surface area (Å²) in [6.07, 6.45) is 4.80. The summed E-state index contributed by atoms with van der Waals surface area (Å²) < 4.78 is 7.04. The van der Waals surface area contributed by atoms with Crippen molar-refractivity contribution in [3.63, 3.8) is 0 Å². The molecule has 0 amide bonds. The summed E-state index contributed by atoms with van der Waals surface area (Å²) in [6, 6.07) is 2.44.